The fourth-order valence-electron chi connectivity index (χ4n) is 1.23. The van der Waals surface area contributed by atoms with Gasteiger partial charge in [-0.15, -0.1) is 12.4 Å². The van der Waals surface area contributed by atoms with E-state index >= 15 is 0 Å². The van der Waals surface area contributed by atoms with Crippen LogP contribution in [0.1, 0.15) is 30.5 Å². The number of nitriles is 1. The average Bonchev–Trinajstić information content (AvgIpc) is 2.18. The SMILES string of the molecule is CC[C@H](N)c1c(Br)ccc(C#N)c1O.Cl. The summed E-state index contributed by atoms with van der Waals surface area (Å²) in [6, 6.07) is 4.95. The molecule has 5 heteroatoms. The Morgan fingerprint density at radius 2 is 2.20 bits per heavy atom. The molecule has 0 aromatic heterocycles. The van der Waals surface area contributed by atoms with Crippen molar-refractivity contribution >= 4 is 28.3 Å². The lowest BCUT2D eigenvalue weighted by Gasteiger charge is -2.14. The molecule has 0 aliphatic carbocycles. The predicted octanol–water partition coefficient (Wildman–Crippen LogP) is 2.86. The summed E-state index contributed by atoms with van der Waals surface area (Å²) in [4.78, 5) is 0. The van der Waals surface area contributed by atoms with Gasteiger partial charge in [-0.1, -0.05) is 22.9 Å². The molecule has 1 aromatic rings. The van der Waals surface area contributed by atoms with Crippen LogP contribution in [-0.4, -0.2) is 5.11 Å². The molecule has 1 atom stereocenters. The molecule has 0 saturated carbocycles. The van der Waals surface area contributed by atoms with E-state index in [1.54, 1.807) is 12.1 Å². The number of phenolic OH excluding ortho intramolecular Hbond substituents is 1. The molecule has 0 fully saturated rings. The van der Waals surface area contributed by atoms with E-state index in [0.29, 0.717) is 12.0 Å². The fourth-order valence-corrected chi connectivity index (χ4v) is 1.84. The summed E-state index contributed by atoms with van der Waals surface area (Å²) in [6.07, 6.45) is 0.709. The summed E-state index contributed by atoms with van der Waals surface area (Å²) in [5, 5.41) is 18.5. The molecule has 1 rings (SSSR count). The fraction of sp³-hybridized carbons (Fsp3) is 0.300. The number of benzene rings is 1. The third kappa shape index (κ3) is 2.85. The lowest BCUT2D eigenvalue weighted by Crippen LogP contribution is -2.10. The number of phenols is 1. The van der Waals surface area contributed by atoms with Gasteiger partial charge < -0.3 is 10.8 Å². The molecule has 0 saturated heterocycles. The first-order valence-electron chi connectivity index (χ1n) is 4.28. The third-order valence-corrected chi connectivity index (χ3v) is 2.79. The highest BCUT2D eigenvalue weighted by molar-refractivity contribution is 9.10. The highest BCUT2D eigenvalue weighted by Crippen LogP contribution is 2.34. The van der Waals surface area contributed by atoms with Gasteiger partial charge in [0.15, 0.2) is 0 Å². The molecule has 3 nitrogen and oxygen atoms in total. The predicted molar refractivity (Wildman–Crippen MR) is 65.0 cm³/mol. The standard InChI is InChI=1S/C10H11BrN2O.ClH/c1-2-8(13)9-7(11)4-3-6(5-12)10(9)14;/h3-4,8,14H,2,13H2,1H3;1H/t8-;/m0./s1. The molecule has 0 aliphatic heterocycles. The van der Waals surface area contributed by atoms with Crippen molar-refractivity contribution in [3.8, 4) is 11.8 Å². The van der Waals surface area contributed by atoms with Crippen LogP contribution in [0.15, 0.2) is 16.6 Å². The molecule has 0 unspecified atom stereocenters. The number of aromatic hydroxyl groups is 1. The van der Waals surface area contributed by atoms with Crippen molar-refractivity contribution in [2.45, 2.75) is 19.4 Å². The molecule has 82 valence electrons. The molecule has 0 spiro atoms. The van der Waals surface area contributed by atoms with Gasteiger partial charge in [0, 0.05) is 16.1 Å². The van der Waals surface area contributed by atoms with Crippen LogP contribution in [0.4, 0.5) is 0 Å². The highest BCUT2D eigenvalue weighted by atomic mass is 79.9. The van der Waals surface area contributed by atoms with E-state index in [-0.39, 0.29) is 29.8 Å². The van der Waals surface area contributed by atoms with Crippen molar-refractivity contribution in [1.29, 1.82) is 5.26 Å². The van der Waals surface area contributed by atoms with Crippen LogP contribution in [0.2, 0.25) is 0 Å². The molecule has 1 aromatic carbocycles. The molecule has 0 amide bonds. The van der Waals surface area contributed by atoms with Crippen molar-refractivity contribution in [2.75, 3.05) is 0 Å². The Morgan fingerprint density at radius 3 is 2.67 bits per heavy atom. The summed E-state index contributed by atoms with van der Waals surface area (Å²) >= 11 is 3.30. The molecule has 3 N–H and O–H groups in total. The quantitative estimate of drug-likeness (QED) is 0.880. The molecular formula is C10H12BrClN2O. The largest absolute Gasteiger partial charge is 0.506 e. The van der Waals surface area contributed by atoms with Crippen LogP contribution < -0.4 is 5.73 Å². The second kappa shape index (κ2) is 5.96. The van der Waals surface area contributed by atoms with Gasteiger partial charge in [0.05, 0.1) is 5.56 Å². The van der Waals surface area contributed by atoms with Crippen LogP contribution >= 0.6 is 28.3 Å². The van der Waals surface area contributed by atoms with Crippen LogP contribution in [0, 0.1) is 11.3 Å². The zero-order chi connectivity index (χ0) is 10.7. The number of rotatable bonds is 2. The van der Waals surface area contributed by atoms with Gasteiger partial charge >= 0.3 is 0 Å². The molecule has 0 aliphatic rings. The second-order valence-electron chi connectivity index (χ2n) is 2.98. The monoisotopic (exact) mass is 290 g/mol. The van der Waals surface area contributed by atoms with Gasteiger partial charge in [-0.25, -0.2) is 0 Å². The first-order chi connectivity index (χ1) is 6.61. The maximum Gasteiger partial charge on any atom is 0.139 e. The Hall–Kier alpha value is -0.760. The Bertz CT molecular complexity index is 390. The number of hydrogen-bond donors (Lipinski definition) is 2. The van der Waals surface area contributed by atoms with Gasteiger partial charge in [-0.3, -0.25) is 0 Å². The third-order valence-electron chi connectivity index (χ3n) is 2.09. The Kier molecular flexibility index (Phi) is 5.66. The van der Waals surface area contributed by atoms with Crippen LogP contribution in [-0.2, 0) is 0 Å². The summed E-state index contributed by atoms with van der Waals surface area (Å²) in [5.74, 6) is -0.0174. The van der Waals surface area contributed by atoms with E-state index in [0.717, 1.165) is 4.47 Å². The van der Waals surface area contributed by atoms with Crippen molar-refractivity contribution in [1.82, 2.24) is 0 Å². The Labute approximate surface area is 103 Å². The van der Waals surface area contributed by atoms with E-state index in [1.807, 2.05) is 13.0 Å². The van der Waals surface area contributed by atoms with Crippen molar-refractivity contribution in [3.05, 3.63) is 27.7 Å². The molecule has 15 heavy (non-hydrogen) atoms. The van der Waals surface area contributed by atoms with E-state index in [4.69, 9.17) is 11.0 Å². The smallest absolute Gasteiger partial charge is 0.139 e. The lowest BCUT2D eigenvalue weighted by molar-refractivity contribution is 0.457. The number of halogens is 2. The van der Waals surface area contributed by atoms with Crippen LogP contribution in [0.3, 0.4) is 0 Å². The van der Waals surface area contributed by atoms with Crippen LogP contribution in [0.5, 0.6) is 5.75 Å². The summed E-state index contributed by atoms with van der Waals surface area (Å²) in [6.45, 7) is 1.93. The van der Waals surface area contributed by atoms with E-state index in [9.17, 15) is 5.11 Å². The van der Waals surface area contributed by atoms with Gasteiger partial charge in [0.25, 0.3) is 0 Å². The second-order valence-corrected chi connectivity index (χ2v) is 3.84. The summed E-state index contributed by atoms with van der Waals surface area (Å²) in [5.41, 5.74) is 6.68. The molecular weight excluding hydrogens is 279 g/mol. The minimum Gasteiger partial charge on any atom is -0.506 e. The Balaban J connectivity index is 0.00000196. The molecule has 0 bridgehead atoms. The first-order valence-corrected chi connectivity index (χ1v) is 5.08. The number of nitrogens with two attached hydrogens (primary N) is 1. The minimum absolute atomic E-state index is 0. The maximum absolute atomic E-state index is 9.74. The Morgan fingerprint density at radius 1 is 1.60 bits per heavy atom. The average molecular weight is 292 g/mol. The van der Waals surface area contributed by atoms with Crippen molar-refractivity contribution in [3.63, 3.8) is 0 Å². The van der Waals surface area contributed by atoms with Gasteiger partial charge in [-0.2, -0.15) is 5.26 Å². The summed E-state index contributed by atoms with van der Waals surface area (Å²) < 4.78 is 0.739. The minimum atomic E-state index is -0.252. The van der Waals surface area contributed by atoms with E-state index in [1.165, 1.54) is 0 Å². The first kappa shape index (κ1) is 14.2. The van der Waals surface area contributed by atoms with Crippen molar-refractivity contribution < 1.29 is 5.11 Å². The molecule has 0 radical (unpaired) electrons. The normalized spacial score (nSPS) is 11.3. The van der Waals surface area contributed by atoms with Crippen LogP contribution in [0.25, 0.3) is 0 Å². The molecule has 0 heterocycles. The maximum atomic E-state index is 9.74. The van der Waals surface area contributed by atoms with E-state index in [2.05, 4.69) is 15.9 Å². The van der Waals surface area contributed by atoms with Gasteiger partial charge in [-0.05, 0) is 18.6 Å². The topological polar surface area (TPSA) is 70.0 Å². The van der Waals surface area contributed by atoms with Crippen molar-refractivity contribution in [2.24, 2.45) is 5.73 Å². The number of nitrogens with zero attached hydrogens (tertiary/aromatic N) is 1. The highest BCUT2D eigenvalue weighted by Gasteiger charge is 2.15. The van der Waals surface area contributed by atoms with Gasteiger partial charge in [0.1, 0.15) is 11.8 Å². The number of hydrogen-bond acceptors (Lipinski definition) is 3. The van der Waals surface area contributed by atoms with E-state index < -0.39 is 0 Å². The zero-order valence-electron chi connectivity index (χ0n) is 8.20. The van der Waals surface area contributed by atoms with Gasteiger partial charge in [0.2, 0.25) is 0 Å². The zero-order valence-corrected chi connectivity index (χ0v) is 10.6. The summed E-state index contributed by atoms with van der Waals surface area (Å²) in [7, 11) is 0. The lowest BCUT2D eigenvalue weighted by atomic mass is 10.0.